The zero-order valence-corrected chi connectivity index (χ0v) is 12.5. The number of nitrogens with two attached hydrogens (primary N) is 1. The van der Waals surface area contributed by atoms with Crippen LogP contribution in [0.25, 0.3) is 0 Å². The highest BCUT2D eigenvalue weighted by molar-refractivity contribution is 5.23. The number of hydrogen-bond donors (Lipinski definition) is 2. The monoisotopic (exact) mass is 276 g/mol. The molecular weight excluding hydrogens is 252 g/mol. The van der Waals surface area contributed by atoms with Crippen LogP contribution in [0.15, 0.2) is 29.0 Å². The number of hydrazine groups is 1. The molecule has 2 aromatic rings. The van der Waals surface area contributed by atoms with E-state index in [0.717, 1.165) is 36.3 Å². The smallest absolute Gasteiger partial charge is 0.108 e. The summed E-state index contributed by atoms with van der Waals surface area (Å²) < 4.78 is 7.49. The lowest BCUT2D eigenvalue weighted by Crippen LogP contribution is -2.30. The number of nitrogens with one attached hydrogen (secondary N) is 1. The first-order valence-electron chi connectivity index (χ1n) is 7.26. The van der Waals surface area contributed by atoms with Gasteiger partial charge in [0.05, 0.1) is 18.0 Å². The van der Waals surface area contributed by atoms with Gasteiger partial charge in [0.1, 0.15) is 5.76 Å². The molecule has 5 nitrogen and oxygen atoms in total. The Morgan fingerprint density at radius 3 is 2.85 bits per heavy atom. The third-order valence-electron chi connectivity index (χ3n) is 3.80. The molecule has 3 N–H and O–H groups in total. The van der Waals surface area contributed by atoms with Gasteiger partial charge in [-0.25, -0.2) is 0 Å². The molecular formula is C15H24N4O. The van der Waals surface area contributed by atoms with Crippen LogP contribution in [-0.2, 0) is 12.8 Å². The number of nitrogens with zero attached hydrogens (tertiary/aromatic N) is 2. The van der Waals surface area contributed by atoms with E-state index in [2.05, 4.69) is 37.4 Å². The summed E-state index contributed by atoms with van der Waals surface area (Å²) in [6.45, 7) is 6.41. The van der Waals surface area contributed by atoms with Crippen molar-refractivity contribution in [3.8, 4) is 0 Å². The van der Waals surface area contributed by atoms with Crippen molar-refractivity contribution in [1.82, 2.24) is 15.2 Å². The van der Waals surface area contributed by atoms with Gasteiger partial charge in [-0.05, 0) is 25.5 Å². The highest BCUT2D eigenvalue weighted by Crippen LogP contribution is 2.23. The Labute approximate surface area is 120 Å². The SMILES string of the molecule is CCc1occc1C(Cc1ccn(C(C)CC)n1)NN. The number of furan rings is 1. The molecule has 0 aliphatic carbocycles. The van der Waals surface area contributed by atoms with Gasteiger partial charge in [-0.3, -0.25) is 16.0 Å². The minimum absolute atomic E-state index is 0.0315. The molecule has 0 saturated carbocycles. The molecule has 0 amide bonds. The van der Waals surface area contributed by atoms with Gasteiger partial charge in [-0.15, -0.1) is 0 Å². The van der Waals surface area contributed by atoms with Gasteiger partial charge in [-0.2, -0.15) is 5.10 Å². The molecule has 0 aliphatic heterocycles. The van der Waals surface area contributed by atoms with Crippen LogP contribution in [0.4, 0.5) is 0 Å². The topological polar surface area (TPSA) is 69.0 Å². The quantitative estimate of drug-likeness (QED) is 0.602. The van der Waals surface area contributed by atoms with Crippen LogP contribution in [0.3, 0.4) is 0 Å². The van der Waals surface area contributed by atoms with Gasteiger partial charge in [-0.1, -0.05) is 13.8 Å². The maximum absolute atomic E-state index is 5.70. The Hall–Kier alpha value is -1.59. The Bertz CT molecular complexity index is 531. The molecule has 110 valence electrons. The Kier molecular flexibility index (Phi) is 4.98. The van der Waals surface area contributed by atoms with Gasteiger partial charge in [0.15, 0.2) is 0 Å². The molecule has 0 radical (unpaired) electrons. The van der Waals surface area contributed by atoms with E-state index in [1.165, 1.54) is 0 Å². The predicted molar refractivity (Wildman–Crippen MR) is 79.1 cm³/mol. The first-order chi connectivity index (χ1) is 9.69. The van der Waals surface area contributed by atoms with E-state index in [1.807, 2.05) is 16.9 Å². The van der Waals surface area contributed by atoms with E-state index in [4.69, 9.17) is 10.3 Å². The molecule has 2 unspecified atom stereocenters. The summed E-state index contributed by atoms with van der Waals surface area (Å²) >= 11 is 0. The van der Waals surface area contributed by atoms with E-state index in [-0.39, 0.29) is 6.04 Å². The fourth-order valence-electron chi connectivity index (χ4n) is 2.33. The Morgan fingerprint density at radius 2 is 2.20 bits per heavy atom. The minimum Gasteiger partial charge on any atom is -0.469 e. The average molecular weight is 276 g/mol. The number of rotatable bonds is 7. The first-order valence-corrected chi connectivity index (χ1v) is 7.26. The molecule has 2 rings (SSSR count). The van der Waals surface area contributed by atoms with Gasteiger partial charge in [0.25, 0.3) is 0 Å². The second-order valence-corrected chi connectivity index (χ2v) is 5.12. The van der Waals surface area contributed by atoms with E-state index in [0.29, 0.717) is 6.04 Å². The molecule has 0 bridgehead atoms. The van der Waals surface area contributed by atoms with Crippen LogP contribution in [0, 0.1) is 0 Å². The third kappa shape index (κ3) is 3.11. The first kappa shape index (κ1) is 14.8. The number of hydrogen-bond acceptors (Lipinski definition) is 4. The molecule has 0 spiro atoms. The molecule has 0 aromatic carbocycles. The van der Waals surface area contributed by atoms with Gasteiger partial charge in [0, 0.05) is 30.6 Å². The summed E-state index contributed by atoms with van der Waals surface area (Å²) in [6.07, 6.45) is 6.44. The Morgan fingerprint density at radius 1 is 1.40 bits per heavy atom. The van der Waals surface area contributed by atoms with Crippen molar-refractivity contribution >= 4 is 0 Å². The van der Waals surface area contributed by atoms with Crippen LogP contribution < -0.4 is 11.3 Å². The Balaban J connectivity index is 2.12. The van der Waals surface area contributed by atoms with E-state index in [9.17, 15) is 0 Å². The van der Waals surface area contributed by atoms with Crippen molar-refractivity contribution in [2.75, 3.05) is 0 Å². The van der Waals surface area contributed by atoms with Crippen LogP contribution in [0.5, 0.6) is 0 Å². The summed E-state index contributed by atoms with van der Waals surface area (Å²) in [5, 5.41) is 4.62. The summed E-state index contributed by atoms with van der Waals surface area (Å²) in [5.74, 6) is 6.68. The molecule has 0 fully saturated rings. The minimum atomic E-state index is 0.0315. The van der Waals surface area contributed by atoms with Crippen LogP contribution in [0.1, 0.15) is 56.3 Å². The van der Waals surface area contributed by atoms with Crippen LogP contribution >= 0.6 is 0 Å². The van der Waals surface area contributed by atoms with Crippen molar-refractivity contribution in [3.05, 3.63) is 41.6 Å². The second kappa shape index (κ2) is 6.72. The predicted octanol–water partition coefficient (Wildman–Crippen LogP) is 2.76. The molecule has 2 heterocycles. The standard InChI is InChI=1S/C15H24N4O/c1-4-11(3)19-8-6-12(18-19)10-14(17-16)13-7-9-20-15(13)5-2/h6-9,11,14,17H,4-5,10,16H2,1-3H3. The number of aryl methyl sites for hydroxylation is 1. The van der Waals surface area contributed by atoms with Gasteiger partial charge < -0.3 is 4.42 Å². The molecule has 5 heteroatoms. The molecule has 0 aliphatic rings. The lowest BCUT2D eigenvalue weighted by Gasteiger charge is -2.14. The second-order valence-electron chi connectivity index (χ2n) is 5.12. The van der Waals surface area contributed by atoms with Crippen molar-refractivity contribution in [1.29, 1.82) is 0 Å². The number of aromatic nitrogens is 2. The van der Waals surface area contributed by atoms with Crippen LogP contribution in [0.2, 0.25) is 0 Å². The fraction of sp³-hybridized carbons (Fsp3) is 0.533. The lowest BCUT2D eigenvalue weighted by atomic mass is 10.0. The molecule has 0 saturated heterocycles. The van der Waals surface area contributed by atoms with Crippen molar-refractivity contribution in [3.63, 3.8) is 0 Å². The lowest BCUT2D eigenvalue weighted by molar-refractivity contribution is 0.462. The summed E-state index contributed by atoms with van der Waals surface area (Å²) in [4.78, 5) is 0. The summed E-state index contributed by atoms with van der Waals surface area (Å²) in [5.41, 5.74) is 5.03. The van der Waals surface area contributed by atoms with Crippen molar-refractivity contribution < 1.29 is 4.42 Å². The normalized spacial score (nSPS) is 14.4. The maximum atomic E-state index is 5.70. The zero-order chi connectivity index (χ0) is 14.5. The summed E-state index contributed by atoms with van der Waals surface area (Å²) in [6, 6.07) is 4.49. The van der Waals surface area contributed by atoms with E-state index >= 15 is 0 Å². The van der Waals surface area contributed by atoms with Gasteiger partial charge in [0.2, 0.25) is 0 Å². The maximum Gasteiger partial charge on any atom is 0.108 e. The van der Waals surface area contributed by atoms with Gasteiger partial charge >= 0.3 is 0 Å². The van der Waals surface area contributed by atoms with Crippen LogP contribution in [-0.4, -0.2) is 9.78 Å². The van der Waals surface area contributed by atoms with E-state index < -0.39 is 0 Å². The third-order valence-corrected chi connectivity index (χ3v) is 3.80. The van der Waals surface area contributed by atoms with E-state index in [1.54, 1.807) is 6.26 Å². The zero-order valence-electron chi connectivity index (χ0n) is 12.5. The average Bonchev–Trinajstić information content (AvgIpc) is 3.12. The fourth-order valence-corrected chi connectivity index (χ4v) is 2.33. The summed E-state index contributed by atoms with van der Waals surface area (Å²) in [7, 11) is 0. The largest absolute Gasteiger partial charge is 0.469 e. The van der Waals surface area contributed by atoms with Crippen molar-refractivity contribution in [2.24, 2.45) is 5.84 Å². The molecule has 2 atom stereocenters. The molecule has 2 aromatic heterocycles. The highest BCUT2D eigenvalue weighted by Gasteiger charge is 2.18. The molecule has 20 heavy (non-hydrogen) atoms. The highest BCUT2D eigenvalue weighted by atomic mass is 16.3. The van der Waals surface area contributed by atoms with Crippen molar-refractivity contribution in [2.45, 2.75) is 52.1 Å².